The SMILES string of the molecule is Ic1cnc(N2CCC3CCCCC3C2)nc1. The lowest BCUT2D eigenvalue weighted by atomic mass is 9.75. The smallest absolute Gasteiger partial charge is 0.225 e. The number of piperidine rings is 1. The number of rotatable bonds is 1. The van der Waals surface area contributed by atoms with Gasteiger partial charge in [-0.1, -0.05) is 19.3 Å². The molecule has 92 valence electrons. The molecule has 1 saturated heterocycles. The van der Waals surface area contributed by atoms with Crippen LogP contribution in [0.25, 0.3) is 0 Å². The molecule has 2 heterocycles. The highest BCUT2D eigenvalue weighted by Gasteiger charge is 2.31. The van der Waals surface area contributed by atoms with Gasteiger partial charge >= 0.3 is 0 Å². The Morgan fingerprint density at radius 3 is 2.53 bits per heavy atom. The summed E-state index contributed by atoms with van der Waals surface area (Å²) in [5.74, 6) is 2.79. The molecule has 3 rings (SSSR count). The number of hydrogen-bond donors (Lipinski definition) is 0. The summed E-state index contributed by atoms with van der Waals surface area (Å²) in [6, 6.07) is 0. The summed E-state index contributed by atoms with van der Waals surface area (Å²) in [5.41, 5.74) is 0. The van der Waals surface area contributed by atoms with Gasteiger partial charge in [0.1, 0.15) is 0 Å². The minimum absolute atomic E-state index is 0.889. The van der Waals surface area contributed by atoms with E-state index in [0.29, 0.717) is 0 Å². The minimum Gasteiger partial charge on any atom is -0.341 e. The van der Waals surface area contributed by atoms with Gasteiger partial charge in [0.15, 0.2) is 0 Å². The maximum Gasteiger partial charge on any atom is 0.225 e. The maximum absolute atomic E-state index is 4.45. The monoisotopic (exact) mass is 343 g/mol. The Bertz CT molecular complexity index is 379. The van der Waals surface area contributed by atoms with E-state index in [1.165, 1.54) is 38.6 Å². The van der Waals surface area contributed by atoms with Crippen molar-refractivity contribution in [3.8, 4) is 0 Å². The predicted octanol–water partition coefficient (Wildman–Crippen LogP) is 3.10. The Hall–Kier alpha value is -0.390. The van der Waals surface area contributed by atoms with E-state index in [1.54, 1.807) is 0 Å². The second-order valence-electron chi connectivity index (χ2n) is 5.24. The van der Waals surface area contributed by atoms with Gasteiger partial charge in [0.25, 0.3) is 0 Å². The molecule has 0 radical (unpaired) electrons. The van der Waals surface area contributed by atoms with Crippen molar-refractivity contribution in [1.82, 2.24) is 9.97 Å². The molecule has 1 aromatic heterocycles. The van der Waals surface area contributed by atoms with Gasteiger partial charge in [-0.25, -0.2) is 9.97 Å². The quantitative estimate of drug-likeness (QED) is 0.734. The second kappa shape index (κ2) is 5.08. The topological polar surface area (TPSA) is 29.0 Å². The van der Waals surface area contributed by atoms with Crippen LogP contribution in [0.1, 0.15) is 32.1 Å². The molecular weight excluding hydrogens is 325 g/mol. The van der Waals surface area contributed by atoms with Crippen molar-refractivity contribution in [2.24, 2.45) is 11.8 Å². The first-order valence-corrected chi connectivity index (χ1v) is 7.63. The molecule has 1 aliphatic heterocycles. The number of anilines is 1. The fourth-order valence-electron chi connectivity index (χ4n) is 3.25. The zero-order valence-electron chi connectivity index (χ0n) is 9.98. The van der Waals surface area contributed by atoms with Crippen molar-refractivity contribution in [1.29, 1.82) is 0 Å². The van der Waals surface area contributed by atoms with E-state index in [2.05, 4.69) is 37.5 Å². The molecule has 1 aliphatic carbocycles. The third-order valence-corrected chi connectivity index (χ3v) is 4.74. The average molecular weight is 343 g/mol. The first kappa shape index (κ1) is 11.7. The van der Waals surface area contributed by atoms with Crippen molar-refractivity contribution >= 4 is 28.5 Å². The van der Waals surface area contributed by atoms with Crippen LogP contribution in [-0.4, -0.2) is 23.1 Å². The largest absolute Gasteiger partial charge is 0.341 e. The van der Waals surface area contributed by atoms with Crippen LogP contribution in [0.2, 0.25) is 0 Å². The Morgan fingerprint density at radius 1 is 1.06 bits per heavy atom. The normalized spacial score (nSPS) is 28.9. The number of fused-ring (bicyclic) bond motifs is 1. The van der Waals surface area contributed by atoms with E-state index in [-0.39, 0.29) is 0 Å². The molecule has 1 aromatic rings. The molecule has 1 saturated carbocycles. The highest BCUT2D eigenvalue weighted by molar-refractivity contribution is 14.1. The highest BCUT2D eigenvalue weighted by Crippen LogP contribution is 2.36. The average Bonchev–Trinajstić information content (AvgIpc) is 2.39. The molecule has 17 heavy (non-hydrogen) atoms. The highest BCUT2D eigenvalue weighted by atomic mass is 127. The van der Waals surface area contributed by atoms with Gasteiger partial charge < -0.3 is 4.90 Å². The molecule has 4 heteroatoms. The van der Waals surface area contributed by atoms with Crippen LogP contribution in [0.5, 0.6) is 0 Å². The first-order valence-electron chi connectivity index (χ1n) is 6.55. The van der Waals surface area contributed by atoms with Crippen LogP contribution in [0.4, 0.5) is 5.95 Å². The zero-order chi connectivity index (χ0) is 11.7. The van der Waals surface area contributed by atoms with Crippen LogP contribution >= 0.6 is 22.6 Å². The van der Waals surface area contributed by atoms with E-state index in [0.717, 1.165) is 27.9 Å². The number of nitrogens with zero attached hydrogens (tertiary/aromatic N) is 3. The van der Waals surface area contributed by atoms with Gasteiger partial charge in [0, 0.05) is 29.1 Å². The van der Waals surface area contributed by atoms with Gasteiger partial charge in [-0.2, -0.15) is 0 Å². The summed E-state index contributed by atoms with van der Waals surface area (Å²) >= 11 is 2.25. The van der Waals surface area contributed by atoms with E-state index in [9.17, 15) is 0 Å². The molecule has 3 nitrogen and oxygen atoms in total. The molecule has 2 atom stereocenters. The van der Waals surface area contributed by atoms with Gasteiger partial charge in [-0.15, -0.1) is 0 Å². The van der Waals surface area contributed by atoms with Crippen molar-refractivity contribution in [2.45, 2.75) is 32.1 Å². The van der Waals surface area contributed by atoms with E-state index < -0.39 is 0 Å². The van der Waals surface area contributed by atoms with E-state index >= 15 is 0 Å². The standard InChI is InChI=1S/C13H18IN3/c14-12-7-15-13(16-8-12)17-6-5-10-3-1-2-4-11(10)9-17/h7-8,10-11H,1-6,9H2. The summed E-state index contributed by atoms with van der Waals surface area (Å²) in [5, 5.41) is 0. The van der Waals surface area contributed by atoms with Crippen LogP contribution < -0.4 is 4.90 Å². The van der Waals surface area contributed by atoms with E-state index in [1.807, 2.05) is 12.4 Å². The van der Waals surface area contributed by atoms with Crippen molar-refractivity contribution in [3.63, 3.8) is 0 Å². The predicted molar refractivity (Wildman–Crippen MR) is 77.0 cm³/mol. The maximum atomic E-state index is 4.45. The molecule has 0 spiro atoms. The molecule has 2 fully saturated rings. The van der Waals surface area contributed by atoms with Crippen molar-refractivity contribution in [2.75, 3.05) is 18.0 Å². The lowest BCUT2D eigenvalue weighted by Gasteiger charge is -2.41. The van der Waals surface area contributed by atoms with Crippen molar-refractivity contribution in [3.05, 3.63) is 16.0 Å². The third-order valence-electron chi connectivity index (χ3n) is 4.18. The second-order valence-corrected chi connectivity index (χ2v) is 6.49. The molecule has 0 bridgehead atoms. The van der Waals surface area contributed by atoms with Gasteiger partial charge in [0.05, 0.1) is 0 Å². The third kappa shape index (κ3) is 2.56. The summed E-state index contributed by atoms with van der Waals surface area (Å²) in [6.07, 6.45) is 10.9. The van der Waals surface area contributed by atoms with Crippen LogP contribution in [-0.2, 0) is 0 Å². The Morgan fingerprint density at radius 2 is 1.76 bits per heavy atom. The summed E-state index contributed by atoms with van der Waals surface area (Å²) in [4.78, 5) is 11.3. The minimum atomic E-state index is 0.889. The zero-order valence-corrected chi connectivity index (χ0v) is 12.1. The number of hydrogen-bond acceptors (Lipinski definition) is 3. The van der Waals surface area contributed by atoms with Crippen LogP contribution in [0.3, 0.4) is 0 Å². The van der Waals surface area contributed by atoms with Gasteiger partial charge in [0.2, 0.25) is 5.95 Å². The molecular formula is C13H18IN3. The summed E-state index contributed by atoms with van der Waals surface area (Å²) in [7, 11) is 0. The van der Waals surface area contributed by atoms with Crippen LogP contribution in [0, 0.1) is 15.4 Å². The van der Waals surface area contributed by atoms with Gasteiger partial charge in [-0.3, -0.25) is 0 Å². The van der Waals surface area contributed by atoms with Gasteiger partial charge in [-0.05, 0) is 47.3 Å². The van der Waals surface area contributed by atoms with E-state index in [4.69, 9.17) is 0 Å². The fraction of sp³-hybridized carbons (Fsp3) is 0.692. The molecule has 2 aliphatic rings. The first-order chi connectivity index (χ1) is 8.33. The lowest BCUT2D eigenvalue weighted by molar-refractivity contribution is 0.201. The molecule has 0 amide bonds. The number of halogens is 1. The number of aromatic nitrogens is 2. The lowest BCUT2D eigenvalue weighted by Crippen LogP contribution is -2.42. The summed E-state index contributed by atoms with van der Waals surface area (Å²) in [6.45, 7) is 2.31. The van der Waals surface area contributed by atoms with Crippen molar-refractivity contribution < 1.29 is 0 Å². The molecule has 2 unspecified atom stereocenters. The summed E-state index contributed by atoms with van der Waals surface area (Å²) < 4.78 is 1.11. The fourth-order valence-corrected chi connectivity index (χ4v) is 3.53. The van der Waals surface area contributed by atoms with Crippen LogP contribution in [0.15, 0.2) is 12.4 Å². The Kier molecular flexibility index (Phi) is 3.49. The molecule has 0 N–H and O–H groups in total. The Labute approximate surface area is 116 Å². The Balaban J connectivity index is 1.71. The molecule has 0 aromatic carbocycles.